The van der Waals surface area contributed by atoms with E-state index >= 15 is 0 Å². The Morgan fingerprint density at radius 3 is 2.71 bits per heavy atom. The molecule has 0 atom stereocenters. The molecule has 1 aromatic carbocycles. The van der Waals surface area contributed by atoms with E-state index in [1.165, 1.54) is 17.6 Å². The minimum absolute atomic E-state index is 0.0419. The molecule has 6 heteroatoms. The van der Waals surface area contributed by atoms with E-state index in [4.69, 9.17) is 4.74 Å². The van der Waals surface area contributed by atoms with E-state index in [1.54, 1.807) is 37.3 Å². The second-order valence-electron chi connectivity index (χ2n) is 4.36. The molecule has 0 bridgehead atoms. The van der Waals surface area contributed by atoms with Gasteiger partial charge in [0, 0.05) is 13.0 Å². The monoisotopic (exact) mass is 288 g/mol. The summed E-state index contributed by atoms with van der Waals surface area (Å²) in [5.41, 5.74) is 0.919. The van der Waals surface area contributed by atoms with Gasteiger partial charge in [0.25, 0.3) is 0 Å². The summed E-state index contributed by atoms with van der Waals surface area (Å²) in [7, 11) is 0. The molecule has 6 nitrogen and oxygen atoms in total. The van der Waals surface area contributed by atoms with Crippen molar-refractivity contribution in [3.8, 4) is 11.6 Å². The lowest BCUT2D eigenvalue weighted by atomic mass is 10.2. The maximum Gasteiger partial charge on any atom is 0.338 e. The average Bonchev–Trinajstić information content (AvgIpc) is 2.79. The van der Waals surface area contributed by atoms with Gasteiger partial charge in [0.15, 0.2) is 5.88 Å². The Kier molecular flexibility index (Phi) is 4.27. The number of nitrogens with one attached hydrogen (secondary N) is 1. The van der Waals surface area contributed by atoms with Gasteiger partial charge in [-0.05, 0) is 31.2 Å². The van der Waals surface area contributed by atoms with Crippen molar-refractivity contribution >= 4 is 17.7 Å². The molecule has 2 aromatic rings. The van der Waals surface area contributed by atoms with Crippen molar-refractivity contribution < 1.29 is 19.4 Å². The molecular weight excluding hydrogens is 272 g/mol. The van der Waals surface area contributed by atoms with E-state index in [1.807, 2.05) is 0 Å². The number of hydrogen-bond donors (Lipinski definition) is 2. The van der Waals surface area contributed by atoms with Gasteiger partial charge < -0.3 is 15.2 Å². The van der Waals surface area contributed by atoms with Gasteiger partial charge in [-0.25, -0.2) is 4.79 Å². The highest BCUT2D eigenvalue weighted by Gasteiger charge is 2.13. The van der Waals surface area contributed by atoms with Crippen LogP contribution < -0.4 is 5.32 Å². The summed E-state index contributed by atoms with van der Waals surface area (Å²) >= 11 is 0. The topological polar surface area (TPSA) is 80.6 Å². The van der Waals surface area contributed by atoms with Gasteiger partial charge in [-0.15, -0.1) is 0 Å². The van der Waals surface area contributed by atoms with E-state index in [0.717, 1.165) is 0 Å². The number of rotatable bonds is 4. The van der Waals surface area contributed by atoms with Gasteiger partial charge in [0.2, 0.25) is 5.91 Å². The first-order valence-corrected chi connectivity index (χ1v) is 6.48. The Morgan fingerprint density at radius 1 is 1.29 bits per heavy atom. The molecular formula is C15H16N2O4. The zero-order valence-corrected chi connectivity index (χ0v) is 11.8. The van der Waals surface area contributed by atoms with Crippen molar-refractivity contribution in [1.29, 1.82) is 0 Å². The van der Waals surface area contributed by atoms with Crippen LogP contribution in [0.25, 0.3) is 5.69 Å². The molecule has 0 saturated carbocycles. The summed E-state index contributed by atoms with van der Waals surface area (Å²) < 4.78 is 6.38. The Labute approximate surface area is 122 Å². The molecule has 0 aliphatic carbocycles. The maximum atomic E-state index is 11.8. The fraction of sp³-hybridized carbons (Fsp3) is 0.200. The standard InChI is InChI=1S/C15H16N2O4/c1-3-21-15(20)11-5-4-6-12(9-11)17-13(16-10(2)18)7-8-14(17)19/h4-9,19H,3H2,1-2H3,(H,16,18). The summed E-state index contributed by atoms with van der Waals surface area (Å²) in [5, 5.41) is 12.5. The predicted octanol–water partition coefficient (Wildman–Crippen LogP) is 2.32. The van der Waals surface area contributed by atoms with Crippen LogP contribution in [0.2, 0.25) is 0 Å². The molecule has 0 radical (unpaired) electrons. The van der Waals surface area contributed by atoms with Crippen molar-refractivity contribution in [3.05, 3.63) is 42.0 Å². The van der Waals surface area contributed by atoms with Crippen molar-refractivity contribution in [2.75, 3.05) is 11.9 Å². The van der Waals surface area contributed by atoms with Crippen LogP contribution >= 0.6 is 0 Å². The molecule has 0 aliphatic rings. The molecule has 2 rings (SSSR count). The Morgan fingerprint density at radius 2 is 2.05 bits per heavy atom. The number of ether oxygens (including phenoxy) is 1. The fourth-order valence-corrected chi connectivity index (χ4v) is 1.96. The first kappa shape index (κ1) is 14.6. The van der Waals surface area contributed by atoms with Crippen LogP contribution in [0, 0.1) is 0 Å². The number of amides is 1. The number of benzene rings is 1. The number of nitrogens with zero attached hydrogens (tertiary/aromatic N) is 1. The van der Waals surface area contributed by atoms with Gasteiger partial charge in [-0.1, -0.05) is 6.07 Å². The molecule has 0 saturated heterocycles. The molecule has 0 spiro atoms. The summed E-state index contributed by atoms with van der Waals surface area (Å²) in [6, 6.07) is 9.64. The Balaban J connectivity index is 2.43. The first-order valence-electron chi connectivity index (χ1n) is 6.48. The van der Waals surface area contributed by atoms with E-state index in [2.05, 4.69) is 5.32 Å². The molecule has 110 valence electrons. The molecule has 1 amide bonds. The summed E-state index contributed by atoms with van der Waals surface area (Å²) in [5.74, 6) is -0.316. The number of carbonyl (C=O) groups excluding carboxylic acids is 2. The van der Waals surface area contributed by atoms with E-state index in [-0.39, 0.29) is 18.4 Å². The Hall–Kier alpha value is -2.76. The molecule has 2 N–H and O–H groups in total. The highest BCUT2D eigenvalue weighted by Crippen LogP contribution is 2.26. The van der Waals surface area contributed by atoms with Crippen LogP contribution in [0.4, 0.5) is 5.82 Å². The minimum atomic E-state index is -0.438. The summed E-state index contributed by atoms with van der Waals surface area (Å²) in [4.78, 5) is 22.9. The summed E-state index contributed by atoms with van der Waals surface area (Å²) in [6.07, 6.45) is 0. The molecule has 21 heavy (non-hydrogen) atoms. The van der Waals surface area contributed by atoms with E-state index in [0.29, 0.717) is 17.1 Å². The Bertz CT molecular complexity index is 676. The average molecular weight is 288 g/mol. The van der Waals surface area contributed by atoms with Crippen LogP contribution in [0.15, 0.2) is 36.4 Å². The van der Waals surface area contributed by atoms with Gasteiger partial charge in [0.05, 0.1) is 17.9 Å². The molecule has 1 heterocycles. The zero-order chi connectivity index (χ0) is 15.4. The number of aromatic hydroxyl groups is 1. The van der Waals surface area contributed by atoms with Gasteiger partial charge in [0.1, 0.15) is 5.82 Å². The fourth-order valence-electron chi connectivity index (χ4n) is 1.96. The maximum absolute atomic E-state index is 11.8. The van der Waals surface area contributed by atoms with Gasteiger partial charge in [-0.3, -0.25) is 9.36 Å². The van der Waals surface area contributed by atoms with Gasteiger partial charge >= 0.3 is 5.97 Å². The lowest BCUT2D eigenvalue weighted by Crippen LogP contribution is -2.11. The second kappa shape index (κ2) is 6.13. The first-order chi connectivity index (χ1) is 10.0. The van der Waals surface area contributed by atoms with Gasteiger partial charge in [-0.2, -0.15) is 0 Å². The molecule has 0 aliphatic heterocycles. The summed E-state index contributed by atoms with van der Waals surface area (Å²) in [6.45, 7) is 3.40. The molecule has 1 aromatic heterocycles. The third-order valence-corrected chi connectivity index (χ3v) is 2.78. The number of anilines is 1. The lowest BCUT2D eigenvalue weighted by molar-refractivity contribution is -0.114. The third kappa shape index (κ3) is 3.22. The largest absolute Gasteiger partial charge is 0.494 e. The second-order valence-corrected chi connectivity index (χ2v) is 4.36. The SMILES string of the molecule is CCOC(=O)c1cccc(-n2c(O)ccc2NC(C)=O)c1. The van der Waals surface area contributed by atoms with Crippen LogP contribution in [0.3, 0.4) is 0 Å². The van der Waals surface area contributed by atoms with Crippen molar-refractivity contribution in [2.45, 2.75) is 13.8 Å². The van der Waals surface area contributed by atoms with Crippen LogP contribution in [-0.2, 0) is 9.53 Å². The highest BCUT2D eigenvalue weighted by atomic mass is 16.5. The quantitative estimate of drug-likeness (QED) is 0.846. The number of hydrogen-bond acceptors (Lipinski definition) is 4. The smallest absolute Gasteiger partial charge is 0.338 e. The lowest BCUT2D eigenvalue weighted by Gasteiger charge is -2.11. The highest BCUT2D eigenvalue weighted by molar-refractivity contribution is 5.91. The van der Waals surface area contributed by atoms with Crippen LogP contribution in [-0.4, -0.2) is 28.2 Å². The van der Waals surface area contributed by atoms with Crippen LogP contribution in [0.5, 0.6) is 5.88 Å². The zero-order valence-electron chi connectivity index (χ0n) is 11.8. The third-order valence-electron chi connectivity index (χ3n) is 2.78. The van der Waals surface area contributed by atoms with Crippen molar-refractivity contribution in [3.63, 3.8) is 0 Å². The minimum Gasteiger partial charge on any atom is -0.494 e. The van der Waals surface area contributed by atoms with Crippen LogP contribution in [0.1, 0.15) is 24.2 Å². The molecule has 0 unspecified atom stereocenters. The van der Waals surface area contributed by atoms with Crippen molar-refractivity contribution in [2.24, 2.45) is 0 Å². The molecule has 0 fully saturated rings. The number of aromatic nitrogens is 1. The van der Waals surface area contributed by atoms with E-state index < -0.39 is 5.97 Å². The number of carbonyl (C=O) groups is 2. The predicted molar refractivity (Wildman–Crippen MR) is 77.7 cm³/mol. The van der Waals surface area contributed by atoms with E-state index in [9.17, 15) is 14.7 Å². The normalized spacial score (nSPS) is 10.2. The number of esters is 1. The van der Waals surface area contributed by atoms with Crippen molar-refractivity contribution in [1.82, 2.24) is 4.57 Å².